The van der Waals surface area contributed by atoms with Gasteiger partial charge in [-0.25, -0.2) is 4.79 Å². The van der Waals surface area contributed by atoms with Crippen LogP contribution in [-0.4, -0.2) is 31.8 Å². The van der Waals surface area contributed by atoms with Crippen molar-refractivity contribution >= 4 is 22.6 Å². The number of aromatic nitrogens is 4. The molecule has 1 amide bonds. The van der Waals surface area contributed by atoms with Crippen LogP contribution in [0.2, 0.25) is 0 Å². The number of imidazole rings is 1. The Labute approximate surface area is 184 Å². The molecule has 0 aliphatic heterocycles. The number of anilines is 1. The SMILES string of the molecule is CCOc1ccc(NC(=O)Cn2c(=O)n(C(C)C)c3ccc(-c4noc(C)n4)cc32)cc1. The van der Waals surface area contributed by atoms with E-state index >= 15 is 0 Å². The summed E-state index contributed by atoms with van der Waals surface area (Å²) in [6, 6.07) is 12.5. The Hall–Kier alpha value is -3.88. The van der Waals surface area contributed by atoms with Crippen molar-refractivity contribution in [3.63, 3.8) is 0 Å². The van der Waals surface area contributed by atoms with Crippen LogP contribution in [0.15, 0.2) is 51.8 Å². The van der Waals surface area contributed by atoms with Crippen LogP contribution in [0.4, 0.5) is 5.69 Å². The van der Waals surface area contributed by atoms with Gasteiger partial charge in [-0.15, -0.1) is 0 Å². The number of rotatable bonds is 7. The van der Waals surface area contributed by atoms with E-state index < -0.39 is 0 Å². The molecule has 2 aromatic carbocycles. The van der Waals surface area contributed by atoms with E-state index in [2.05, 4.69) is 15.5 Å². The molecule has 1 N–H and O–H groups in total. The maximum Gasteiger partial charge on any atom is 0.329 e. The molecular weight excluding hydrogens is 410 g/mol. The molecule has 166 valence electrons. The Morgan fingerprint density at radius 1 is 1.16 bits per heavy atom. The van der Waals surface area contributed by atoms with Crippen molar-refractivity contribution in [3.05, 3.63) is 58.8 Å². The summed E-state index contributed by atoms with van der Waals surface area (Å²) in [5, 5.41) is 6.79. The molecule has 0 unspecified atom stereocenters. The zero-order valence-electron chi connectivity index (χ0n) is 18.5. The lowest BCUT2D eigenvalue weighted by Gasteiger charge is -2.08. The van der Waals surface area contributed by atoms with Crippen LogP contribution in [0.3, 0.4) is 0 Å². The van der Waals surface area contributed by atoms with Crippen LogP contribution in [0, 0.1) is 6.92 Å². The largest absolute Gasteiger partial charge is 0.494 e. The van der Waals surface area contributed by atoms with Crippen LogP contribution in [0.25, 0.3) is 22.4 Å². The maximum atomic E-state index is 13.2. The van der Waals surface area contributed by atoms with Crippen molar-refractivity contribution in [1.29, 1.82) is 0 Å². The van der Waals surface area contributed by atoms with Gasteiger partial charge in [0.05, 0.1) is 17.6 Å². The van der Waals surface area contributed by atoms with E-state index in [1.54, 1.807) is 35.8 Å². The quantitative estimate of drug-likeness (QED) is 0.474. The van der Waals surface area contributed by atoms with Gasteiger partial charge >= 0.3 is 5.69 Å². The first kappa shape index (κ1) is 21.4. The maximum absolute atomic E-state index is 13.2. The summed E-state index contributed by atoms with van der Waals surface area (Å²) < 4.78 is 13.6. The van der Waals surface area contributed by atoms with Crippen LogP contribution in [-0.2, 0) is 11.3 Å². The first-order chi connectivity index (χ1) is 15.4. The number of hydrogen-bond donors (Lipinski definition) is 1. The highest BCUT2D eigenvalue weighted by Gasteiger charge is 2.19. The van der Waals surface area contributed by atoms with Crippen molar-refractivity contribution in [2.45, 2.75) is 40.3 Å². The van der Waals surface area contributed by atoms with Crippen molar-refractivity contribution in [1.82, 2.24) is 19.3 Å². The van der Waals surface area contributed by atoms with Gasteiger partial charge in [0.1, 0.15) is 12.3 Å². The van der Waals surface area contributed by atoms with E-state index in [0.717, 1.165) is 11.3 Å². The van der Waals surface area contributed by atoms with Crippen molar-refractivity contribution < 1.29 is 14.1 Å². The van der Waals surface area contributed by atoms with E-state index in [0.29, 0.717) is 35.1 Å². The van der Waals surface area contributed by atoms with Crippen LogP contribution >= 0.6 is 0 Å². The second kappa shape index (κ2) is 8.70. The molecule has 9 heteroatoms. The van der Waals surface area contributed by atoms with Crippen molar-refractivity contribution in [3.8, 4) is 17.1 Å². The highest BCUT2D eigenvalue weighted by Crippen LogP contribution is 2.24. The molecule has 2 heterocycles. The summed E-state index contributed by atoms with van der Waals surface area (Å²) in [7, 11) is 0. The van der Waals surface area contributed by atoms with Gasteiger partial charge in [0, 0.05) is 24.2 Å². The monoisotopic (exact) mass is 435 g/mol. The number of ether oxygens (including phenoxy) is 1. The number of benzene rings is 2. The van der Waals surface area contributed by atoms with Gasteiger partial charge in [-0.05, 0) is 63.2 Å². The summed E-state index contributed by atoms with van der Waals surface area (Å²) >= 11 is 0. The number of carbonyl (C=O) groups is 1. The lowest BCUT2D eigenvalue weighted by molar-refractivity contribution is -0.116. The Morgan fingerprint density at radius 3 is 2.53 bits per heavy atom. The number of hydrogen-bond acceptors (Lipinski definition) is 6. The van der Waals surface area contributed by atoms with Gasteiger partial charge < -0.3 is 14.6 Å². The number of aryl methyl sites for hydroxylation is 1. The van der Waals surface area contributed by atoms with Crippen LogP contribution in [0.1, 0.15) is 32.7 Å². The Bertz CT molecular complexity index is 1310. The van der Waals surface area contributed by atoms with Gasteiger partial charge in [-0.3, -0.25) is 13.9 Å². The molecule has 0 aliphatic rings. The van der Waals surface area contributed by atoms with Crippen molar-refractivity contribution in [2.75, 3.05) is 11.9 Å². The molecule has 0 fully saturated rings. The summed E-state index contributed by atoms with van der Waals surface area (Å²) in [6.45, 7) is 7.93. The number of nitrogens with one attached hydrogen (secondary N) is 1. The Balaban J connectivity index is 1.67. The van der Waals surface area contributed by atoms with E-state index in [1.807, 2.05) is 39.0 Å². The van der Waals surface area contributed by atoms with Crippen LogP contribution in [0.5, 0.6) is 5.75 Å². The third kappa shape index (κ3) is 4.14. The fraction of sp³-hybridized carbons (Fsp3) is 0.304. The summed E-state index contributed by atoms with van der Waals surface area (Å²) in [5.74, 6) is 1.30. The topological polar surface area (TPSA) is 104 Å². The molecule has 0 saturated carbocycles. The fourth-order valence-electron chi connectivity index (χ4n) is 3.63. The molecule has 4 aromatic rings. The molecule has 4 rings (SSSR count). The zero-order chi connectivity index (χ0) is 22.8. The number of amides is 1. The smallest absolute Gasteiger partial charge is 0.329 e. The van der Waals surface area contributed by atoms with E-state index in [1.165, 1.54) is 4.57 Å². The molecule has 2 aromatic heterocycles. The van der Waals surface area contributed by atoms with E-state index in [-0.39, 0.29) is 24.2 Å². The first-order valence-electron chi connectivity index (χ1n) is 10.5. The number of carbonyl (C=O) groups excluding carboxylic acids is 1. The predicted molar refractivity (Wildman–Crippen MR) is 121 cm³/mol. The molecule has 0 bridgehead atoms. The summed E-state index contributed by atoms with van der Waals surface area (Å²) in [4.78, 5) is 30.2. The summed E-state index contributed by atoms with van der Waals surface area (Å²) in [5.41, 5.74) is 2.45. The lowest BCUT2D eigenvalue weighted by Crippen LogP contribution is -2.30. The average Bonchev–Trinajstić information content (AvgIpc) is 3.30. The number of fused-ring (bicyclic) bond motifs is 1. The Kier molecular flexibility index (Phi) is 5.81. The highest BCUT2D eigenvalue weighted by molar-refractivity contribution is 5.92. The summed E-state index contributed by atoms with van der Waals surface area (Å²) in [6.07, 6.45) is 0. The second-order valence-corrected chi connectivity index (χ2v) is 7.68. The van der Waals surface area contributed by atoms with Gasteiger partial charge in [-0.1, -0.05) is 5.16 Å². The predicted octanol–water partition coefficient (Wildman–Crippen LogP) is 3.78. The molecular formula is C23H25N5O4. The van der Waals surface area contributed by atoms with Gasteiger partial charge in [0.2, 0.25) is 17.6 Å². The first-order valence-corrected chi connectivity index (χ1v) is 10.5. The third-order valence-electron chi connectivity index (χ3n) is 5.02. The molecule has 0 radical (unpaired) electrons. The number of nitrogens with zero attached hydrogens (tertiary/aromatic N) is 4. The normalized spacial score (nSPS) is 11.3. The minimum atomic E-state index is -0.306. The Morgan fingerprint density at radius 2 is 1.91 bits per heavy atom. The minimum absolute atomic E-state index is 0.0707. The fourth-order valence-corrected chi connectivity index (χ4v) is 3.63. The minimum Gasteiger partial charge on any atom is -0.494 e. The molecule has 0 aliphatic carbocycles. The molecule has 0 saturated heterocycles. The van der Waals surface area contributed by atoms with Gasteiger partial charge in [-0.2, -0.15) is 4.98 Å². The standard InChI is InChI=1S/C23H25N5O4/c1-5-31-18-9-7-17(8-10-18)25-21(29)13-27-20-12-16(22-24-15(4)32-26-22)6-11-19(20)28(14(2)3)23(27)30/h6-12,14H,5,13H2,1-4H3,(H,25,29). The average molecular weight is 435 g/mol. The molecule has 32 heavy (non-hydrogen) atoms. The highest BCUT2D eigenvalue weighted by atomic mass is 16.5. The molecule has 0 atom stereocenters. The van der Waals surface area contributed by atoms with Crippen LogP contribution < -0.4 is 15.7 Å². The van der Waals surface area contributed by atoms with Gasteiger partial charge in [0.25, 0.3) is 0 Å². The van der Waals surface area contributed by atoms with Crippen molar-refractivity contribution in [2.24, 2.45) is 0 Å². The second-order valence-electron chi connectivity index (χ2n) is 7.68. The zero-order valence-corrected chi connectivity index (χ0v) is 18.5. The van der Waals surface area contributed by atoms with E-state index in [9.17, 15) is 9.59 Å². The lowest BCUT2D eigenvalue weighted by atomic mass is 10.2. The van der Waals surface area contributed by atoms with Gasteiger partial charge in [0.15, 0.2) is 0 Å². The molecule has 0 spiro atoms. The third-order valence-corrected chi connectivity index (χ3v) is 5.02. The van der Waals surface area contributed by atoms with E-state index in [4.69, 9.17) is 9.26 Å². The molecule has 9 nitrogen and oxygen atoms in total.